The van der Waals surface area contributed by atoms with E-state index in [-0.39, 0.29) is 11.7 Å². The van der Waals surface area contributed by atoms with Gasteiger partial charge in [-0.05, 0) is 32.6 Å². The molecule has 3 nitrogen and oxygen atoms in total. The minimum atomic E-state index is -1.31. The third-order valence-corrected chi connectivity index (χ3v) is 3.67. The van der Waals surface area contributed by atoms with Gasteiger partial charge in [-0.2, -0.15) is 0 Å². The first-order chi connectivity index (χ1) is 9.11. The van der Waals surface area contributed by atoms with E-state index in [1.54, 1.807) is 11.8 Å². The molecule has 19 heavy (non-hydrogen) atoms. The lowest BCUT2D eigenvalue weighted by molar-refractivity contribution is -0.135. The number of unbranched alkanes of at least 4 members (excludes halogenated alkanes) is 4. The minimum absolute atomic E-state index is 0.236. The normalized spacial score (nSPS) is 16.6. The van der Waals surface area contributed by atoms with Gasteiger partial charge in [0.25, 0.3) is 5.91 Å². The van der Waals surface area contributed by atoms with Crippen molar-refractivity contribution < 1.29 is 14.0 Å². The molecule has 1 heterocycles. The maximum absolute atomic E-state index is 13.7. The number of likely N-dealkylation sites (tertiary alicyclic amines) is 1. The van der Waals surface area contributed by atoms with Crippen molar-refractivity contribution >= 4 is 11.7 Å². The van der Waals surface area contributed by atoms with E-state index in [9.17, 15) is 14.0 Å². The molecule has 0 aromatic carbocycles. The summed E-state index contributed by atoms with van der Waals surface area (Å²) >= 11 is 0. The molecular weight excluding hydrogens is 245 g/mol. The molecule has 0 saturated carbocycles. The Kier molecular flexibility index (Phi) is 7.68. The number of carbonyl (C=O) groups excluding carboxylic acids is 2. The zero-order valence-electron chi connectivity index (χ0n) is 12.0. The second-order valence-electron chi connectivity index (χ2n) is 5.51. The van der Waals surface area contributed by atoms with Crippen molar-refractivity contribution in [3.8, 4) is 0 Å². The number of halogens is 1. The van der Waals surface area contributed by atoms with Crippen molar-refractivity contribution in [2.45, 2.75) is 70.9 Å². The van der Waals surface area contributed by atoms with Crippen LogP contribution in [0.1, 0.15) is 64.7 Å². The lowest BCUT2D eigenvalue weighted by Gasteiger charge is -2.17. The van der Waals surface area contributed by atoms with Gasteiger partial charge in [0.15, 0.2) is 6.17 Å². The molecule has 0 radical (unpaired) electrons. The number of ketones is 1. The van der Waals surface area contributed by atoms with Gasteiger partial charge >= 0.3 is 0 Å². The molecule has 110 valence electrons. The Morgan fingerprint density at radius 1 is 1.05 bits per heavy atom. The van der Waals surface area contributed by atoms with Crippen LogP contribution in [-0.2, 0) is 9.59 Å². The van der Waals surface area contributed by atoms with Crippen LogP contribution in [0.5, 0.6) is 0 Å². The topological polar surface area (TPSA) is 37.4 Å². The van der Waals surface area contributed by atoms with Gasteiger partial charge < -0.3 is 9.69 Å². The average Bonchev–Trinajstić information content (AvgIpc) is 2.89. The Morgan fingerprint density at radius 3 is 2.26 bits per heavy atom. The molecule has 0 aliphatic carbocycles. The summed E-state index contributed by atoms with van der Waals surface area (Å²) in [5, 5.41) is 0. The van der Waals surface area contributed by atoms with Crippen LogP contribution in [0.3, 0.4) is 0 Å². The summed E-state index contributed by atoms with van der Waals surface area (Å²) in [5.74, 6) is -0.0749. The van der Waals surface area contributed by atoms with Crippen LogP contribution in [0, 0.1) is 0 Å². The van der Waals surface area contributed by atoms with Gasteiger partial charge in [-0.15, -0.1) is 0 Å². The maximum Gasteiger partial charge on any atom is 0.257 e. The average molecular weight is 271 g/mol. The fourth-order valence-corrected chi connectivity index (χ4v) is 2.49. The second kappa shape index (κ2) is 9.05. The largest absolute Gasteiger partial charge is 0.340 e. The molecular formula is C15H26FNO2. The van der Waals surface area contributed by atoms with Crippen LogP contribution in [0.25, 0.3) is 0 Å². The first kappa shape index (κ1) is 16.1. The number of alkyl halides is 1. The summed E-state index contributed by atoms with van der Waals surface area (Å²) in [7, 11) is 0. The molecule has 0 bridgehead atoms. The molecule has 1 amide bonds. The highest BCUT2D eigenvalue weighted by Gasteiger charge is 2.25. The first-order valence-corrected chi connectivity index (χ1v) is 7.53. The van der Waals surface area contributed by atoms with Crippen LogP contribution < -0.4 is 0 Å². The maximum atomic E-state index is 13.7. The zero-order chi connectivity index (χ0) is 14.1. The third kappa shape index (κ3) is 6.69. The summed E-state index contributed by atoms with van der Waals surface area (Å²) in [5.41, 5.74) is 0. The van der Waals surface area contributed by atoms with Crippen LogP contribution in [-0.4, -0.2) is 35.9 Å². The summed E-state index contributed by atoms with van der Waals surface area (Å²) < 4.78 is 13.7. The van der Waals surface area contributed by atoms with Gasteiger partial charge in [-0.25, -0.2) is 4.39 Å². The Labute approximate surface area is 115 Å². The predicted molar refractivity (Wildman–Crippen MR) is 73.7 cm³/mol. The zero-order valence-corrected chi connectivity index (χ0v) is 12.0. The van der Waals surface area contributed by atoms with Crippen molar-refractivity contribution in [1.82, 2.24) is 4.90 Å². The predicted octanol–water partition coefficient (Wildman–Crippen LogP) is 3.27. The van der Waals surface area contributed by atoms with Gasteiger partial charge in [0.1, 0.15) is 5.78 Å². The molecule has 1 saturated heterocycles. The van der Waals surface area contributed by atoms with Crippen molar-refractivity contribution in [1.29, 1.82) is 0 Å². The smallest absolute Gasteiger partial charge is 0.257 e. The fraction of sp³-hybridized carbons (Fsp3) is 0.867. The van der Waals surface area contributed by atoms with Gasteiger partial charge in [-0.3, -0.25) is 4.79 Å². The van der Waals surface area contributed by atoms with Crippen LogP contribution in [0.2, 0.25) is 0 Å². The molecule has 4 heteroatoms. The van der Waals surface area contributed by atoms with Gasteiger partial charge in [0.05, 0.1) is 0 Å². The molecule has 1 unspecified atom stereocenters. The molecule has 1 aliphatic heterocycles. The molecule has 1 fully saturated rings. The van der Waals surface area contributed by atoms with E-state index in [2.05, 4.69) is 0 Å². The van der Waals surface area contributed by atoms with Crippen LogP contribution in [0.4, 0.5) is 4.39 Å². The third-order valence-electron chi connectivity index (χ3n) is 3.67. The standard InChI is InChI=1S/C15H26FNO2/c1-13(18)9-5-3-2-4-6-10-14(16)15(19)17-11-7-8-12-17/h14H,2-12H2,1H3. The van der Waals surface area contributed by atoms with Gasteiger partial charge in [0.2, 0.25) is 0 Å². The molecule has 0 aromatic heterocycles. The monoisotopic (exact) mass is 271 g/mol. The van der Waals surface area contributed by atoms with E-state index in [1.807, 2.05) is 0 Å². The molecule has 0 N–H and O–H groups in total. The lowest BCUT2D eigenvalue weighted by atomic mass is 10.1. The molecule has 1 rings (SSSR count). The second-order valence-corrected chi connectivity index (χ2v) is 5.51. The highest BCUT2D eigenvalue weighted by molar-refractivity contribution is 5.80. The van der Waals surface area contributed by atoms with Crippen molar-refractivity contribution in [2.75, 3.05) is 13.1 Å². The number of hydrogen-bond acceptors (Lipinski definition) is 2. The minimum Gasteiger partial charge on any atom is -0.340 e. The number of Topliss-reactive ketones (excluding diaryl/α,β-unsaturated/α-hetero) is 1. The van der Waals surface area contributed by atoms with Crippen molar-refractivity contribution in [3.63, 3.8) is 0 Å². The van der Waals surface area contributed by atoms with Gasteiger partial charge in [0, 0.05) is 19.5 Å². The van der Waals surface area contributed by atoms with Crippen molar-refractivity contribution in [2.24, 2.45) is 0 Å². The molecule has 1 aliphatic rings. The van der Waals surface area contributed by atoms with Crippen molar-refractivity contribution in [3.05, 3.63) is 0 Å². The Hall–Kier alpha value is -0.930. The first-order valence-electron chi connectivity index (χ1n) is 7.53. The van der Waals surface area contributed by atoms with E-state index in [1.165, 1.54) is 0 Å². The van der Waals surface area contributed by atoms with Crippen LogP contribution >= 0.6 is 0 Å². The van der Waals surface area contributed by atoms with E-state index < -0.39 is 6.17 Å². The summed E-state index contributed by atoms with van der Waals surface area (Å²) in [6.45, 7) is 3.06. The van der Waals surface area contributed by atoms with Crippen LogP contribution in [0.15, 0.2) is 0 Å². The summed E-state index contributed by atoms with van der Waals surface area (Å²) in [6, 6.07) is 0. The molecule has 0 spiro atoms. The van der Waals surface area contributed by atoms with E-state index in [4.69, 9.17) is 0 Å². The van der Waals surface area contributed by atoms with E-state index in [0.29, 0.717) is 12.8 Å². The number of hydrogen-bond donors (Lipinski definition) is 0. The highest BCUT2D eigenvalue weighted by atomic mass is 19.1. The fourth-order valence-electron chi connectivity index (χ4n) is 2.49. The number of nitrogens with zero attached hydrogens (tertiary/aromatic N) is 1. The summed E-state index contributed by atoms with van der Waals surface area (Å²) in [6.07, 6.45) is 6.40. The Balaban J connectivity index is 1.99. The molecule has 1 atom stereocenters. The number of rotatable bonds is 9. The number of carbonyl (C=O) groups is 2. The lowest BCUT2D eigenvalue weighted by Crippen LogP contribution is -2.34. The Bertz CT molecular complexity index is 288. The number of amides is 1. The van der Waals surface area contributed by atoms with Gasteiger partial charge in [-0.1, -0.05) is 25.7 Å². The quantitative estimate of drug-likeness (QED) is 0.604. The Morgan fingerprint density at radius 2 is 1.63 bits per heavy atom. The molecule has 0 aromatic rings. The summed E-state index contributed by atoms with van der Waals surface area (Å²) in [4.78, 5) is 24.1. The SMILES string of the molecule is CC(=O)CCCCCCCC(F)C(=O)N1CCCC1. The highest BCUT2D eigenvalue weighted by Crippen LogP contribution is 2.15. The van der Waals surface area contributed by atoms with E-state index >= 15 is 0 Å². The van der Waals surface area contributed by atoms with E-state index in [0.717, 1.165) is 58.0 Å².